The zero-order chi connectivity index (χ0) is 15.7. The van der Waals surface area contributed by atoms with E-state index < -0.39 is 6.10 Å². The molecule has 1 aliphatic rings. The lowest BCUT2D eigenvalue weighted by Crippen LogP contribution is -2.35. The Morgan fingerprint density at radius 2 is 2.09 bits per heavy atom. The Labute approximate surface area is 133 Å². The van der Waals surface area contributed by atoms with E-state index >= 15 is 0 Å². The highest BCUT2D eigenvalue weighted by Gasteiger charge is 2.28. The van der Waals surface area contributed by atoms with Crippen LogP contribution in [0.5, 0.6) is 0 Å². The van der Waals surface area contributed by atoms with Gasteiger partial charge in [0.1, 0.15) is 0 Å². The first-order chi connectivity index (χ1) is 10.5. The van der Waals surface area contributed by atoms with Crippen molar-refractivity contribution in [2.45, 2.75) is 32.4 Å². The molecule has 2 heterocycles. The Kier molecular flexibility index (Phi) is 4.24. The van der Waals surface area contributed by atoms with Crippen LogP contribution in [0.2, 0.25) is 0 Å². The van der Waals surface area contributed by atoms with E-state index in [4.69, 9.17) is 0 Å². The fourth-order valence-electron chi connectivity index (χ4n) is 2.54. The molecule has 3 N–H and O–H groups in total. The summed E-state index contributed by atoms with van der Waals surface area (Å²) in [7, 11) is 0. The van der Waals surface area contributed by atoms with Crippen molar-refractivity contribution < 1.29 is 9.90 Å². The Hall–Kier alpha value is -1.76. The Balaban J connectivity index is 1.75. The maximum Gasteiger partial charge on any atom is 0.243 e. The van der Waals surface area contributed by atoms with Crippen molar-refractivity contribution in [2.75, 3.05) is 11.9 Å². The monoisotopic (exact) mass is 317 g/mol. The number of aryl methyl sites for hydroxylation is 2. The molecule has 0 saturated carbocycles. The van der Waals surface area contributed by atoms with Gasteiger partial charge in [-0.05, 0) is 20.3 Å². The van der Waals surface area contributed by atoms with E-state index in [0.29, 0.717) is 18.1 Å². The van der Waals surface area contributed by atoms with E-state index in [1.165, 1.54) is 16.9 Å². The first-order valence-electron chi connectivity index (χ1n) is 7.29. The lowest BCUT2D eigenvalue weighted by molar-refractivity contribution is -0.117. The molecule has 1 fully saturated rings. The second kappa shape index (κ2) is 6.16. The predicted octanol–water partition coefficient (Wildman–Crippen LogP) is 2.09. The fourth-order valence-corrected chi connectivity index (χ4v) is 3.38. The average Bonchev–Trinajstić information content (AvgIpc) is 3.06. The summed E-state index contributed by atoms with van der Waals surface area (Å²) in [6, 6.07) is 7.84. The van der Waals surface area contributed by atoms with E-state index in [1.54, 1.807) is 0 Å². The second-order valence-corrected chi connectivity index (χ2v) is 6.83. The van der Waals surface area contributed by atoms with E-state index in [2.05, 4.69) is 27.8 Å². The van der Waals surface area contributed by atoms with E-state index in [1.807, 2.05) is 26.0 Å². The number of nitrogens with zero attached hydrogens (tertiary/aromatic N) is 1. The van der Waals surface area contributed by atoms with Crippen LogP contribution in [-0.2, 0) is 4.79 Å². The molecule has 1 aromatic heterocycles. The number of hydrogen-bond acceptors (Lipinski definition) is 5. The number of anilines is 1. The van der Waals surface area contributed by atoms with Crippen molar-refractivity contribution >= 4 is 22.4 Å². The number of hydrogen-bond donors (Lipinski definition) is 3. The lowest BCUT2D eigenvalue weighted by Gasteiger charge is -2.08. The van der Waals surface area contributed by atoms with E-state index in [9.17, 15) is 9.90 Å². The van der Waals surface area contributed by atoms with Gasteiger partial charge in [-0.1, -0.05) is 29.8 Å². The van der Waals surface area contributed by atoms with Gasteiger partial charge in [0.25, 0.3) is 0 Å². The third-order valence-electron chi connectivity index (χ3n) is 3.78. The summed E-state index contributed by atoms with van der Waals surface area (Å²) in [5.41, 5.74) is 3.16. The van der Waals surface area contributed by atoms with Crippen LogP contribution in [0.1, 0.15) is 16.9 Å². The number of amides is 1. The molecule has 1 saturated heterocycles. The molecule has 3 rings (SSSR count). The van der Waals surface area contributed by atoms with Crippen molar-refractivity contribution in [2.24, 2.45) is 0 Å². The smallest absolute Gasteiger partial charge is 0.243 e. The van der Waals surface area contributed by atoms with Crippen LogP contribution in [-0.4, -0.2) is 34.7 Å². The number of rotatable bonds is 3. The number of aliphatic hydroxyl groups excluding tert-OH is 1. The molecule has 0 unspecified atom stereocenters. The maximum absolute atomic E-state index is 12.1. The van der Waals surface area contributed by atoms with Crippen LogP contribution in [0.15, 0.2) is 24.3 Å². The third-order valence-corrected chi connectivity index (χ3v) is 4.66. The van der Waals surface area contributed by atoms with Crippen molar-refractivity contribution in [3.63, 3.8) is 0 Å². The van der Waals surface area contributed by atoms with Crippen molar-refractivity contribution in [1.82, 2.24) is 10.3 Å². The molecule has 2 aromatic rings. The summed E-state index contributed by atoms with van der Waals surface area (Å²) in [5, 5.41) is 15.9. The minimum Gasteiger partial charge on any atom is -0.392 e. The number of benzene rings is 1. The summed E-state index contributed by atoms with van der Waals surface area (Å²) >= 11 is 1.47. The number of carbonyl (C=O) groups is 1. The summed E-state index contributed by atoms with van der Waals surface area (Å²) in [4.78, 5) is 17.7. The van der Waals surface area contributed by atoms with Crippen LogP contribution in [0.25, 0.3) is 11.3 Å². The average molecular weight is 317 g/mol. The minimum atomic E-state index is -0.447. The summed E-state index contributed by atoms with van der Waals surface area (Å²) in [6.07, 6.45) is -0.00187. The number of aromatic nitrogens is 1. The lowest BCUT2D eigenvalue weighted by atomic mass is 10.1. The molecule has 116 valence electrons. The molecule has 5 nitrogen and oxygen atoms in total. The topological polar surface area (TPSA) is 74.2 Å². The van der Waals surface area contributed by atoms with Crippen molar-refractivity contribution in [1.29, 1.82) is 0 Å². The maximum atomic E-state index is 12.1. The highest BCUT2D eigenvalue weighted by Crippen LogP contribution is 2.30. The quantitative estimate of drug-likeness (QED) is 0.810. The highest BCUT2D eigenvalue weighted by atomic mass is 32.1. The molecule has 1 amide bonds. The van der Waals surface area contributed by atoms with Gasteiger partial charge in [0, 0.05) is 17.0 Å². The largest absolute Gasteiger partial charge is 0.392 e. The molecule has 0 radical (unpaired) electrons. The molecule has 0 bridgehead atoms. The first kappa shape index (κ1) is 15.1. The number of β-amino-alcohol motifs (C(OH)–C–C–N with tert-alkyl or cyclic N) is 1. The molecular formula is C16H19N3O2S. The van der Waals surface area contributed by atoms with Crippen LogP contribution >= 0.6 is 11.3 Å². The van der Waals surface area contributed by atoms with Crippen molar-refractivity contribution in [3.8, 4) is 11.3 Å². The minimum absolute atomic E-state index is 0.138. The Morgan fingerprint density at radius 3 is 2.73 bits per heavy atom. The van der Waals surface area contributed by atoms with Gasteiger partial charge in [0.15, 0.2) is 5.13 Å². The van der Waals surface area contributed by atoms with Crippen LogP contribution in [0.3, 0.4) is 0 Å². The van der Waals surface area contributed by atoms with Gasteiger partial charge in [-0.2, -0.15) is 0 Å². The standard InChI is InChI=1S/C16H19N3O2S/c1-9-3-5-11(6-4-9)14-10(2)22-16(18-14)19-15(21)13-7-12(20)8-17-13/h3-6,12-13,17,20H,7-8H2,1-2H3,(H,18,19,21)/t12-,13-/m0/s1. The molecule has 0 spiro atoms. The molecular weight excluding hydrogens is 298 g/mol. The second-order valence-electron chi connectivity index (χ2n) is 5.63. The zero-order valence-corrected chi connectivity index (χ0v) is 13.4. The predicted molar refractivity (Wildman–Crippen MR) is 88.1 cm³/mol. The van der Waals surface area contributed by atoms with E-state index in [-0.39, 0.29) is 11.9 Å². The van der Waals surface area contributed by atoms with Gasteiger partial charge >= 0.3 is 0 Å². The van der Waals surface area contributed by atoms with Gasteiger partial charge < -0.3 is 15.7 Å². The Bertz CT molecular complexity index is 681. The van der Waals surface area contributed by atoms with Gasteiger partial charge in [-0.15, -0.1) is 11.3 Å². The van der Waals surface area contributed by atoms with Crippen LogP contribution in [0.4, 0.5) is 5.13 Å². The highest BCUT2D eigenvalue weighted by molar-refractivity contribution is 7.16. The zero-order valence-electron chi connectivity index (χ0n) is 12.6. The fraction of sp³-hybridized carbons (Fsp3) is 0.375. The van der Waals surface area contributed by atoms with Gasteiger partial charge in [0.2, 0.25) is 5.91 Å². The number of aliphatic hydroxyl groups is 1. The molecule has 22 heavy (non-hydrogen) atoms. The first-order valence-corrected chi connectivity index (χ1v) is 8.11. The molecule has 1 aromatic carbocycles. The summed E-state index contributed by atoms with van der Waals surface area (Å²) in [5.74, 6) is -0.138. The summed E-state index contributed by atoms with van der Waals surface area (Å²) < 4.78 is 0. The normalized spacial score (nSPS) is 21.0. The summed E-state index contributed by atoms with van der Waals surface area (Å²) in [6.45, 7) is 4.51. The van der Waals surface area contributed by atoms with Gasteiger partial charge in [0.05, 0.1) is 17.8 Å². The molecule has 0 aliphatic carbocycles. The van der Waals surface area contributed by atoms with Gasteiger partial charge in [-0.25, -0.2) is 4.98 Å². The van der Waals surface area contributed by atoms with Gasteiger partial charge in [-0.3, -0.25) is 4.79 Å². The number of nitrogens with one attached hydrogen (secondary N) is 2. The molecule has 2 atom stereocenters. The molecule has 1 aliphatic heterocycles. The Morgan fingerprint density at radius 1 is 1.36 bits per heavy atom. The SMILES string of the molecule is Cc1ccc(-c2nc(NC(=O)[C@@H]3C[C@H](O)CN3)sc2C)cc1. The third kappa shape index (κ3) is 3.19. The van der Waals surface area contributed by atoms with Crippen LogP contribution in [0, 0.1) is 13.8 Å². The van der Waals surface area contributed by atoms with E-state index in [0.717, 1.165) is 16.1 Å². The van der Waals surface area contributed by atoms with Crippen LogP contribution < -0.4 is 10.6 Å². The number of thiazole rings is 1. The van der Waals surface area contributed by atoms with Crippen molar-refractivity contribution in [3.05, 3.63) is 34.7 Å². The number of carbonyl (C=O) groups excluding carboxylic acids is 1. The molecule has 6 heteroatoms.